The van der Waals surface area contributed by atoms with Crippen LogP contribution in [0.5, 0.6) is 0 Å². The SMILES string of the molecule is CCCCCCCCCCCCCCCC(=O)NCCOCCOCCO[C@@]1(C(=O)OC)C[C@H](O)[C@@H](NC(C)=O)[C@H]([C@H](O)[C@H](O)CO)O1. The van der Waals surface area contributed by atoms with E-state index in [4.69, 9.17) is 23.7 Å². The molecule has 0 radical (unpaired) electrons. The summed E-state index contributed by atoms with van der Waals surface area (Å²) in [5.74, 6) is -3.70. The predicted octanol–water partition coefficient (Wildman–Crippen LogP) is 1.87. The van der Waals surface area contributed by atoms with Gasteiger partial charge in [0.15, 0.2) is 0 Å². The van der Waals surface area contributed by atoms with Crippen molar-refractivity contribution in [2.45, 2.75) is 146 Å². The number of amides is 2. The molecule has 1 saturated heterocycles. The lowest BCUT2D eigenvalue weighted by molar-refractivity contribution is -0.314. The van der Waals surface area contributed by atoms with E-state index in [2.05, 4.69) is 17.6 Å². The van der Waals surface area contributed by atoms with Crippen LogP contribution in [0.2, 0.25) is 0 Å². The molecular weight excluding hydrogens is 628 g/mol. The van der Waals surface area contributed by atoms with Crippen LogP contribution in [0.25, 0.3) is 0 Å². The third-order valence-corrected chi connectivity index (χ3v) is 8.37. The Kier molecular flexibility index (Phi) is 24.7. The van der Waals surface area contributed by atoms with Crippen LogP contribution in [0.4, 0.5) is 0 Å². The van der Waals surface area contributed by atoms with E-state index >= 15 is 0 Å². The summed E-state index contributed by atoms with van der Waals surface area (Å²) in [6, 6.07) is -1.21. The van der Waals surface area contributed by atoms with Crippen molar-refractivity contribution in [3.8, 4) is 0 Å². The number of aliphatic hydroxyl groups is 4. The number of carbonyl (C=O) groups excluding carboxylic acids is 3. The first-order valence-corrected chi connectivity index (χ1v) is 17.9. The summed E-state index contributed by atoms with van der Waals surface area (Å²) in [6.07, 6.45) is 10.1. The molecule has 48 heavy (non-hydrogen) atoms. The number of hydrogen-bond acceptors (Lipinski definition) is 12. The number of rotatable bonds is 29. The maximum absolute atomic E-state index is 12.7. The summed E-state index contributed by atoms with van der Waals surface area (Å²) in [4.78, 5) is 36.4. The summed E-state index contributed by atoms with van der Waals surface area (Å²) in [7, 11) is 1.09. The Morgan fingerprint density at radius 2 is 1.40 bits per heavy atom. The van der Waals surface area contributed by atoms with Crippen molar-refractivity contribution in [1.82, 2.24) is 10.6 Å². The Morgan fingerprint density at radius 1 is 0.854 bits per heavy atom. The zero-order valence-electron chi connectivity index (χ0n) is 29.5. The maximum Gasteiger partial charge on any atom is 0.366 e. The number of hydrogen-bond donors (Lipinski definition) is 6. The second-order valence-corrected chi connectivity index (χ2v) is 12.5. The van der Waals surface area contributed by atoms with Crippen molar-refractivity contribution in [3.63, 3.8) is 0 Å². The molecule has 1 fully saturated rings. The molecule has 282 valence electrons. The molecule has 14 nitrogen and oxygen atoms in total. The largest absolute Gasteiger partial charge is 0.465 e. The number of carbonyl (C=O) groups is 3. The Bertz CT molecular complexity index is 866. The lowest BCUT2D eigenvalue weighted by atomic mass is 9.88. The monoisotopic (exact) mass is 692 g/mol. The third-order valence-electron chi connectivity index (χ3n) is 8.37. The van der Waals surface area contributed by atoms with Gasteiger partial charge >= 0.3 is 5.97 Å². The van der Waals surface area contributed by atoms with Crippen molar-refractivity contribution in [2.24, 2.45) is 0 Å². The molecule has 6 N–H and O–H groups in total. The molecule has 0 aromatic rings. The highest BCUT2D eigenvalue weighted by Crippen LogP contribution is 2.34. The van der Waals surface area contributed by atoms with Gasteiger partial charge in [-0.15, -0.1) is 0 Å². The van der Waals surface area contributed by atoms with Crippen molar-refractivity contribution >= 4 is 17.8 Å². The van der Waals surface area contributed by atoms with Gasteiger partial charge in [0, 0.05) is 26.3 Å². The molecular formula is C34H64N2O12. The molecule has 0 saturated carbocycles. The van der Waals surface area contributed by atoms with Crippen LogP contribution in [0, 0.1) is 0 Å². The Hall–Kier alpha value is -1.91. The van der Waals surface area contributed by atoms with Crippen LogP contribution in [-0.2, 0) is 38.1 Å². The lowest BCUT2D eigenvalue weighted by Gasteiger charge is -2.46. The molecule has 0 spiro atoms. The molecule has 0 aromatic carbocycles. The van der Waals surface area contributed by atoms with Gasteiger partial charge in [-0.2, -0.15) is 0 Å². The summed E-state index contributed by atoms with van der Waals surface area (Å²) in [5.41, 5.74) is 0. The summed E-state index contributed by atoms with van der Waals surface area (Å²) >= 11 is 0. The number of unbranched alkanes of at least 4 members (excludes halogenated alkanes) is 12. The molecule has 0 bridgehead atoms. The molecule has 0 unspecified atom stereocenters. The van der Waals surface area contributed by atoms with Crippen LogP contribution in [0.3, 0.4) is 0 Å². The fraction of sp³-hybridized carbons (Fsp3) is 0.912. The van der Waals surface area contributed by atoms with Crippen molar-refractivity contribution in [3.05, 3.63) is 0 Å². The van der Waals surface area contributed by atoms with Gasteiger partial charge in [0.25, 0.3) is 5.79 Å². The lowest BCUT2D eigenvalue weighted by Crippen LogP contribution is -2.68. The molecule has 0 aliphatic carbocycles. The standard InChI is InChI=1S/C34H64N2O12/c1-4-5-6-7-8-9-10-11-12-13-14-15-16-17-29(41)35-18-19-45-20-21-46-22-23-47-34(33(43)44-3)24-27(39)30(36-26(2)38)32(48-34)31(42)28(40)25-37/h27-28,30-32,37,39-40,42H,4-25H2,1-3H3,(H,35,41)(H,36,38)/t27-,28+,30+,31+,32+,34-/m0/s1. The van der Waals surface area contributed by atoms with Crippen LogP contribution in [0.15, 0.2) is 0 Å². The van der Waals surface area contributed by atoms with E-state index in [0.717, 1.165) is 20.0 Å². The maximum atomic E-state index is 12.7. The molecule has 1 aliphatic rings. The van der Waals surface area contributed by atoms with Gasteiger partial charge < -0.3 is 54.7 Å². The second-order valence-electron chi connectivity index (χ2n) is 12.5. The highest BCUT2D eigenvalue weighted by Gasteiger charge is 2.56. The number of methoxy groups -OCH3 is 1. The first-order valence-electron chi connectivity index (χ1n) is 17.9. The third kappa shape index (κ3) is 18.2. The normalized spacial score (nSPS) is 22.2. The Balaban J connectivity index is 2.20. The molecule has 1 rings (SSSR count). The smallest absolute Gasteiger partial charge is 0.366 e. The van der Waals surface area contributed by atoms with Crippen molar-refractivity contribution in [2.75, 3.05) is 53.3 Å². The minimum atomic E-state index is -2.17. The molecule has 2 amide bonds. The van der Waals surface area contributed by atoms with Gasteiger partial charge in [0.2, 0.25) is 11.8 Å². The zero-order chi connectivity index (χ0) is 35.6. The van der Waals surface area contributed by atoms with Crippen LogP contribution in [0.1, 0.15) is 110 Å². The molecule has 1 heterocycles. The topological polar surface area (TPSA) is 202 Å². The number of esters is 1. The quantitative estimate of drug-likeness (QED) is 0.0492. The number of aliphatic hydroxyl groups excluding tert-OH is 4. The minimum Gasteiger partial charge on any atom is -0.465 e. The highest BCUT2D eigenvalue weighted by molar-refractivity contribution is 5.78. The fourth-order valence-electron chi connectivity index (χ4n) is 5.67. The number of nitrogens with one attached hydrogen (secondary N) is 2. The van der Waals surface area contributed by atoms with Gasteiger partial charge in [-0.3, -0.25) is 9.59 Å². The zero-order valence-corrected chi connectivity index (χ0v) is 29.5. The van der Waals surface area contributed by atoms with Crippen LogP contribution < -0.4 is 10.6 Å². The van der Waals surface area contributed by atoms with Crippen LogP contribution >= 0.6 is 0 Å². The van der Waals surface area contributed by atoms with Crippen LogP contribution in [-0.4, -0.2) is 128 Å². The predicted molar refractivity (Wildman–Crippen MR) is 178 cm³/mol. The average molecular weight is 693 g/mol. The van der Waals surface area contributed by atoms with E-state index in [1.54, 1.807) is 0 Å². The van der Waals surface area contributed by atoms with Gasteiger partial charge in [-0.25, -0.2) is 4.79 Å². The van der Waals surface area contributed by atoms with Crippen molar-refractivity contribution in [1.29, 1.82) is 0 Å². The average Bonchev–Trinajstić information content (AvgIpc) is 3.07. The van der Waals surface area contributed by atoms with Gasteiger partial charge in [-0.05, 0) is 6.42 Å². The Labute approximate surface area is 286 Å². The number of ether oxygens (including phenoxy) is 5. The molecule has 6 atom stereocenters. The van der Waals surface area contributed by atoms with E-state index in [-0.39, 0.29) is 32.3 Å². The summed E-state index contributed by atoms with van der Waals surface area (Å²) in [5, 5.41) is 45.9. The van der Waals surface area contributed by atoms with Gasteiger partial charge in [0.1, 0.15) is 18.3 Å². The van der Waals surface area contributed by atoms with E-state index in [9.17, 15) is 34.8 Å². The molecule has 0 aromatic heterocycles. The highest BCUT2D eigenvalue weighted by atomic mass is 16.7. The minimum absolute atomic E-state index is 0.0129. The van der Waals surface area contributed by atoms with E-state index in [1.807, 2.05) is 0 Å². The fourth-order valence-corrected chi connectivity index (χ4v) is 5.67. The summed E-state index contributed by atoms with van der Waals surface area (Å²) in [6.45, 7) is 3.65. The van der Waals surface area contributed by atoms with Gasteiger partial charge in [0.05, 0.1) is 58.9 Å². The second kappa shape index (κ2) is 26.9. The van der Waals surface area contributed by atoms with E-state index in [1.165, 1.54) is 77.6 Å². The Morgan fingerprint density at radius 3 is 1.94 bits per heavy atom. The van der Waals surface area contributed by atoms with Gasteiger partial charge in [-0.1, -0.05) is 84.0 Å². The van der Waals surface area contributed by atoms with E-state index in [0.29, 0.717) is 19.6 Å². The molecule has 1 aliphatic heterocycles. The first kappa shape index (κ1) is 44.1. The van der Waals surface area contributed by atoms with E-state index < -0.39 is 61.1 Å². The molecule has 14 heteroatoms. The van der Waals surface area contributed by atoms with Crippen molar-refractivity contribution < 1.29 is 58.5 Å². The summed E-state index contributed by atoms with van der Waals surface area (Å²) < 4.78 is 27.2. The first-order chi connectivity index (χ1) is 23.1.